The third-order valence-corrected chi connectivity index (χ3v) is 5.18. The van der Waals surface area contributed by atoms with Gasteiger partial charge in [-0.25, -0.2) is 4.68 Å². The number of ketones is 1. The van der Waals surface area contributed by atoms with Gasteiger partial charge in [0, 0.05) is 12.1 Å². The van der Waals surface area contributed by atoms with E-state index in [1.165, 1.54) is 5.56 Å². The number of nitrogens with one attached hydrogen (secondary N) is 1. The number of carbonyl (C=O) groups excluding carboxylic acids is 1. The number of nitrogens with zero attached hydrogens (tertiary/aromatic N) is 2. The molecule has 1 aliphatic rings. The molecule has 0 saturated heterocycles. The minimum atomic E-state index is -0.0878. The first-order valence-corrected chi connectivity index (χ1v) is 9.49. The van der Waals surface area contributed by atoms with E-state index < -0.39 is 0 Å². The largest absolute Gasteiger partial charge is 0.497 e. The van der Waals surface area contributed by atoms with Crippen molar-refractivity contribution >= 4 is 17.3 Å². The smallest absolute Gasteiger partial charge is 0.169 e. The monoisotopic (exact) mass is 375 g/mol. The van der Waals surface area contributed by atoms with Crippen molar-refractivity contribution in [2.24, 2.45) is 5.41 Å². The highest BCUT2D eigenvalue weighted by Gasteiger charge is 2.36. The Balaban J connectivity index is 1.81. The molecule has 5 heteroatoms. The minimum Gasteiger partial charge on any atom is -0.497 e. The lowest BCUT2D eigenvalue weighted by atomic mass is 9.76. The number of methoxy groups -OCH3 is 1. The van der Waals surface area contributed by atoms with Crippen LogP contribution < -0.4 is 10.1 Å². The molecule has 4 rings (SSSR count). The lowest BCUT2D eigenvalue weighted by molar-refractivity contribution is 0.0912. The predicted molar refractivity (Wildman–Crippen MR) is 111 cm³/mol. The summed E-state index contributed by atoms with van der Waals surface area (Å²) in [5, 5.41) is 8.15. The van der Waals surface area contributed by atoms with Crippen molar-refractivity contribution in [3.05, 3.63) is 65.4 Å². The first-order valence-electron chi connectivity index (χ1n) is 9.49. The average molecular weight is 375 g/mol. The third kappa shape index (κ3) is 3.40. The van der Waals surface area contributed by atoms with Gasteiger partial charge in [-0.2, -0.15) is 0 Å². The molecule has 0 bridgehead atoms. The number of fused-ring (bicyclic) bond motifs is 1. The summed E-state index contributed by atoms with van der Waals surface area (Å²) in [5.74, 6) is 1.55. The van der Waals surface area contributed by atoms with Crippen LogP contribution in [-0.2, 0) is 6.42 Å². The van der Waals surface area contributed by atoms with Crippen molar-refractivity contribution < 1.29 is 9.53 Å². The van der Waals surface area contributed by atoms with Crippen LogP contribution in [0.25, 0.3) is 5.69 Å². The van der Waals surface area contributed by atoms with Crippen molar-refractivity contribution in [2.45, 2.75) is 33.6 Å². The van der Waals surface area contributed by atoms with Crippen LogP contribution in [0.3, 0.4) is 0 Å². The highest BCUT2D eigenvalue weighted by Crippen LogP contribution is 2.39. The summed E-state index contributed by atoms with van der Waals surface area (Å²) in [6, 6.07) is 15.8. The highest BCUT2D eigenvalue weighted by molar-refractivity contribution is 6.03. The van der Waals surface area contributed by atoms with Gasteiger partial charge in [0.25, 0.3) is 0 Å². The van der Waals surface area contributed by atoms with Gasteiger partial charge in [0.15, 0.2) is 11.6 Å². The molecule has 2 aromatic carbocycles. The summed E-state index contributed by atoms with van der Waals surface area (Å²) in [6.07, 6.45) is 1.32. The molecule has 28 heavy (non-hydrogen) atoms. The standard InChI is InChI=1S/C23H25N3O2/c1-15-5-7-16(8-6-15)24-22-21-19(13-23(2,3)14-20(21)27)26(25-22)17-9-11-18(28-4)12-10-17/h5-12H,13-14H2,1-4H3,(H,24,25). The van der Waals surface area contributed by atoms with Crippen molar-refractivity contribution in [2.75, 3.05) is 12.4 Å². The van der Waals surface area contributed by atoms with E-state index in [9.17, 15) is 4.79 Å². The van der Waals surface area contributed by atoms with Crippen LogP contribution in [0.4, 0.5) is 11.5 Å². The SMILES string of the molecule is COc1ccc(-n2nc(Nc3ccc(C)cc3)c3c2CC(C)(C)CC3=O)cc1. The van der Waals surface area contributed by atoms with E-state index in [-0.39, 0.29) is 11.2 Å². The van der Waals surface area contributed by atoms with E-state index in [0.717, 1.165) is 29.2 Å². The van der Waals surface area contributed by atoms with Crippen molar-refractivity contribution in [3.8, 4) is 11.4 Å². The fourth-order valence-corrected chi connectivity index (χ4v) is 3.75. The lowest BCUT2D eigenvalue weighted by Gasteiger charge is -2.29. The fourth-order valence-electron chi connectivity index (χ4n) is 3.75. The molecule has 0 atom stereocenters. The van der Waals surface area contributed by atoms with Crippen LogP contribution >= 0.6 is 0 Å². The minimum absolute atomic E-state index is 0.0878. The molecule has 144 valence electrons. The number of hydrogen-bond donors (Lipinski definition) is 1. The van der Waals surface area contributed by atoms with Crippen molar-refractivity contribution in [1.82, 2.24) is 9.78 Å². The maximum absolute atomic E-state index is 13.0. The van der Waals surface area contributed by atoms with Crippen LogP contribution in [0.5, 0.6) is 5.75 Å². The molecule has 0 spiro atoms. The topological polar surface area (TPSA) is 56.1 Å². The van der Waals surface area contributed by atoms with E-state index in [0.29, 0.717) is 17.8 Å². The number of ether oxygens (including phenoxy) is 1. The maximum Gasteiger partial charge on any atom is 0.169 e. The van der Waals surface area contributed by atoms with Crippen molar-refractivity contribution in [3.63, 3.8) is 0 Å². The Hall–Kier alpha value is -3.08. The Bertz CT molecular complexity index is 1020. The van der Waals surface area contributed by atoms with Crippen LogP contribution in [0.1, 0.15) is 41.9 Å². The molecule has 0 amide bonds. The zero-order chi connectivity index (χ0) is 19.9. The number of carbonyl (C=O) groups is 1. The Morgan fingerprint density at radius 3 is 2.36 bits per heavy atom. The normalized spacial score (nSPS) is 15.2. The first-order chi connectivity index (χ1) is 13.4. The van der Waals surface area contributed by atoms with E-state index in [1.54, 1.807) is 7.11 Å². The second-order valence-corrected chi connectivity index (χ2v) is 8.21. The Morgan fingerprint density at radius 1 is 1.04 bits per heavy atom. The van der Waals surface area contributed by atoms with Gasteiger partial charge in [0.1, 0.15) is 5.75 Å². The molecule has 5 nitrogen and oxygen atoms in total. The Kier molecular flexibility index (Phi) is 4.46. The molecule has 0 fully saturated rings. The van der Waals surface area contributed by atoms with Crippen LogP contribution in [0.2, 0.25) is 0 Å². The molecule has 0 aliphatic heterocycles. The number of benzene rings is 2. The molecular weight excluding hydrogens is 350 g/mol. The summed E-state index contributed by atoms with van der Waals surface area (Å²) >= 11 is 0. The van der Waals surface area contributed by atoms with Crippen LogP contribution in [-0.4, -0.2) is 22.7 Å². The van der Waals surface area contributed by atoms with Gasteiger partial charge in [0.05, 0.1) is 24.1 Å². The number of aryl methyl sites for hydroxylation is 1. The number of anilines is 2. The Morgan fingerprint density at radius 2 is 1.71 bits per heavy atom. The zero-order valence-corrected chi connectivity index (χ0v) is 16.7. The predicted octanol–water partition coefficient (Wildman–Crippen LogP) is 5.09. The number of aromatic nitrogens is 2. The van der Waals surface area contributed by atoms with Gasteiger partial charge in [0.2, 0.25) is 0 Å². The maximum atomic E-state index is 13.0. The fraction of sp³-hybridized carbons (Fsp3) is 0.304. The number of Topliss-reactive ketones (excluding diaryl/α,β-unsaturated/α-hetero) is 1. The molecule has 1 aromatic heterocycles. The van der Waals surface area contributed by atoms with Gasteiger partial charge in [-0.1, -0.05) is 31.5 Å². The van der Waals surface area contributed by atoms with E-state index >= 15 is 0 Å². The molecular formula is C23H25N3O2. The zero-order valence-electron chi connectivity index (χ0n) is 16.7. The van der Waals surface area contributed by atoms with Gasteiger partial charge in [-0.15, -0.1) is 5.10 Å². The van der Waals surface area contributed by atoms with Gasteiger partial charge in [-0.3, -0.25) is 4.79 Å². The van der Waals surface area contributed by atoms with E-state index in [1.807, 2.05) is 53.2 Å². The van der Waals surface area contributed by atoms with Gasteiger partial charge < -0.3 is 10.1 Å². The second kappa shape index (κ2) is 6.82. The molecule has 3 aromatic rings. The van der Waals surface area contributed by atoms with Crippen molar-refractivity contribution in [1.29, 1.82) is 0 Å². The van der Waals surface area contributed by atoms with E-state index in [2.05, 4.69) is 26.1 Å². The second-order valence-electron chi connectivity index (χ2n) is 8.21. The number of hydrogen-bond acceptors (Lipinski definition) is 4. The summed E-state index contributed by atoms with van der Waals surface area (Å²) in [4.78, 5) is 13.0. The molecule has 0 saturated carbocycles. The molecule has 1 N–H and O–H groups in total. The first kappa shape index (κ1) is 18.3. The van der Waals surface area contributed by atoms with Crippen LogP contribution in [0, 0.1) is 12.3 Å². The molecule has 1 heterocycles. The third-order valence-electron chi connectivity index (χ3n) is 5.18. The summed E-state index contributed by atoms with van der Waals surface area (Å²) in [7, 11) is 1.65. The highest BCUT2D eigenvalue weighted by atomic mass is 16.5. The molecule has 0 unspecified atom stereocenters. The Labute approximate surface area is 165 Å². The number of rotatable bonds is 4. The van der Waals surface area contributed by atoms with E-state index in [4.69, 9.17) is 9.84 Å². The lowest BCUT2D eigenvalue weighted by Crippen LogP contribution is -2.28. The van der Waals surface area contributed by atoms with Gasteiger partial charge in [-0.05, 0) is 55.2 Å². The molecule has 1 aliphatic carbocycles. The van der Waals surface area contributed by atoms with Gasteiger partial charge >= 0.3 is 0 Å². The van der Waals surface area contributed by atoms with Crippen LogP contribution in [0.15, 0.2) is 48.5 Å². The summed E-state index contributed by atoms with van der Waals surface area (Å²) < 4.78 is 7.16. The summed E-state index contributed by atoms with van der Waals surface area (Å²) in [6.45, 7) is 6.31. The summed E-state index contributed by atoms with van der Waals surface area (Å²) in [5.41, 5.74) is 4.60. The average Bonchev–Trinajstić information content (AvgIpc) is 3.00. The quantitative estimate of drug-likeness (QED) is 0.690. The molecule has 0 radical (unpaired) electrons.